The molecule has 1 atom stereocenters. The Bertz CT molecular complexity index is 972. The summed E-state index contributed by atoms with van der Waals surface area (Å²) >= 11 is 0. The first-order chi connectivity index (χ1) is 13.4. The Morgan fingerprint density at radius 3 is 2.79 bits per heavy atom. The molecule has 0 aromatic carbocycles. The van der Waals surface area contributed by atoms with E-state index in [2.05, 4.69) is 29.8 Å². The smallest absolute Gasteiger partial charge is 0.364 e. The Morgan fingerprint density at radius 1 is 1.21 bits per heavy atom. The van der Waals surface area contributed by atoms with Crippen molar-refractivity contribution in [2.75, 3.05) is 13.1 Å². The van der Waals surface area contributed by atoms with Crippen LogP contribution in [-0.2, 0) is 6.18 Å². The first kappa shape index (κ1) is 18.1. The topological polar surface area (TPSA) is 111 Å². The molecule has 0 N–H and O–H groups in total. The van der Waals surface area contributed by atoms with E-state index in [1.807, 2.05) is 0 Å². The van der Waals surface area contributed by atoms with Crippen molar-refractivity contribution in [1.82, 2.24) is 30.2 Å². The van der Waals surface area contributed by atoms with Crippen molar-refractivity contribution in [3.05, 3.63) is 42.0 Å². The van der Waals surface area contributed by atoms with Crippen LogP contribution >= 0.6 is 0 Å². The highest BCUT2D eigenvalue weighted by Gasteiger charge is 2.38. The minimum atomic E-state index is -4.73. The normalized spacial score (nSPS) is 17.7. The maximum Gasteiger partial charge on any atom is 0.471 e. The highest BCUT2D eigenvalue weighted by Crippen LogP contribution is 2.30. The van der Waals surface area contributed by atoms with Gasteiger partial charge in [-0.2, -0.15) is 18.2 Å². The second kappa shape index (κ2) is 7.02. The van der Waals surface area contributed by atoms with Gasteiger partial charge in [0.1, 0.15) is 12.0 Å². The van der Waals surface area contributed by atoms with E-state index in [0.29, 0.717) is 18.8 Å². The summed E-state index contributed by atoms with van der Waals surface area (Å²) in [5.41, 5.74) is 0.817. The standard InChI is InChI=1S/C16H13F3N6O3/c17-16(18,19)15-22-13(24-28-15)12-7-20-6-11(21-12)9-2-1-4-25(8-9)14(26)10-3-5-27-23-10/h3,5-7,9H,1-2,4,8H2/t9-/m1/s1. The molecule has 3 aromatic heterocycles. The zero-order chi connectivity index (χ0) is 19.7. The van der Waals surface area contributed by atoms with Gasteiger partial charge in [0.05, 0.1) is 11.9 Å². The van der Waals surface area contributed by atoms with Crippen LogP contribution in [0.25, 0.3) is 11.5 Å². The molecule has 146 valence electrons. The summed E-state index contributed by atoms with van der Waals surface area (Å²) in [7, 11) is 0. The lowest BCUT2D eigenvalue weighted by Gasteiger charge is -2.31. The fraction of sp³-hybridized carbons (Fsp3) is 0.375. The number of alkyl halides is 3. The molecule has 3 aromatic rings. The van der Waals surface area contributed by atoms with Crippen LogP contribution in [0.2, 0.25) is 0 Å². The first-order valence-electron chi connectivity index (χ1n) is 8.34. The molecular weight excluding hydrogens is 381 g/mol. The number of carbonyl (C=O) groups excluding carboxylic acids is 1. The minimum Gasteiger partial charge on any atom is -0.364 e. The number of nitrogens with zero attached hydrogens (tertiary/aromatic N) is 6. The van der Waals surface area contributed by atoms with Crippen LogP contribution in [0.4, 0.5) is 13.2 Å². The lowest BCUT2D eigenvalue weighted by molar-refractivity contribution is -0.159. The Balaban J connectivity index is 1.54. The highest BCUT2D eigenvalue weighted by atomic mass is 19.4. The van der Waals surface area contributed by atoms with Gasteiger partial charge in [-0.1, -0.05) is 10.3 Å². The lowest BCUT2D eigenvalue weighted by Crippen LogP contribution is -2.39. The van der Waals surface area contributed by atoms with Crippen molar-refractivity contribution < 1.29 is 27.0 Å². The van der Waals surface area contributed by atoms with Gasteiger partial charge in [-0.15, -0.1) is 0 Å². The number of hydrogen-bond donors (Lipinski definition) is 0. The van der Waals surface area contributed by atoms with Gasteiger partial charge in [0, 0.05) is 31.3 Å². The summed E-state index contributed by atoms with van der Waals surface area (Å²) in [6.07, 6.45) is 0.853. The maximum absolute atomic E-state index is 12.6. The fourth-order valence-electron chi connectivity index (χ4n) is 3.02. The number of piperidine rings is 1. The van der Waals surface area contributed by atoms with E-state index in [-0.39, 0.29) is 29.0 Å². The van der Waals surface area contributed by atoms with Crippen molar-refractivity contribution in [3.63, 3.8) is 0 Å². The molecule has 28 heavy (non-hydrogen) atoms. The van der Waals surface area contributed by atoms with E-state index in [9.17, 15) is 18.0 Å². The molecule has 1 amide bonds. The molecule has 0 saturated carbocycles. The molecule has 1 saturated heterocycles. The summed E-state index contributed by atoms with van der Waals surface area (Å²) in [4.78, 5) is 25.8. The van der Waals surface area contributed by atoms with Gasteiger partial charge < -0.3 is 13.9 Å². The molecule has 0 spiro atoms. The van der Waals surface area contributed by atoms with E-state index in [0.717, 1.165) is 12.8 Å². The minimum absolute atomic E-state index is 0.0664. The summed E-state index contributed by atoms with van der Waals surface area (Å²) in [6, 6.07) is 1.49. The average Bonchev–Trinajstić information content (AvgIpc) is 3.39. The first-order valence-corrected chi connectivity index (χ1v) is 8.34. The van der Waals surface area contributed by atoms with Crippen molar-refractivity contribution in [2.45, 2.75) is 24.9 Å². The van der Waals surface area contributed by atoms with E-state index < -0.39 is 12.1 Å². The van der Waals surface area contributed by atoms with Crippen molar-refractivity contribution >= 4 is 5.91 Å². The van der Waals surface area contributed by atoms with E-state index >= 15 is 0 Å². The Hall–Kier alpha value is -3.31. The van der Waals surface area contributed by atoms with Crippen molar-refractivity contribution in [2.24, 2.45) is 0 Å². The second-order valence-corrected chi connectivity index (χ2v) is 6.23. The predicted octanol–water partition coefficient (Wildman–Crippen LogP) is 2.55. The van der Waals surface area contributed by atoms with Crippen molar-refractivity contribution in [1.29, 1.82) is 0 Å². The number of aromatic nitrogens is 5. The van der Waals surface area contributed by atoms with Gasteiger partial charge in [-0.05, 0) is 12.8 Å². The van der Waals surface area contributed by atoms with E-state index in [4.69, 9.17) is 4.52 Å². The van der Waals surface area contributed by atoms with Crippen LogP contribution in [0.3, 0.4) is 0 Å². The van der Waals surface area contributed by atoms with E-state index in [1.54, 1.807) is 4.90 Å². The summed E-state index contributed by atoms with van der Waals surface area (Å²) in [5, 5.41) is 6.98. The molecule has 0 unspecified atom stereocenters. The Morgan fingerprint density at radius 2 is 2.07 bits per heavy atom. The molecule has 0 aliphatic carbocycles. The molecule has 12 heteroatoms. The van der Waals surface area contributed by atoms with Crippen LogP contribution in [0.15, 0.2) is 33.8 Å². The molecule has 4 heterocycles. The van der Waals surface area contributed by atoms with Gasteiger partial charge in [0.2, 0.25) is 5.82 Å². The fourth-order valence-corrected chi connectivity index (χ4v) is 3.02. The third-order valence-electron chi connectivity index (χ3n) is 4.33. The largest absolute Gasteiger partial charge is 0.471 e. The number of likely N-dealkylation sites (tertiary alicyclic amines) is 1. The zero-order valence-electron chi connectivity index (χ0n) is 14.3. The van der Waals surface area contributed by atoms with Gasteiger partial charge in [-0.25, -0.2) is 4.98 Å². The summed E-state index contributed by atoms with van der Waals surface area (Å²) in [6.45, 7) is 0.943. The molecule has 4 rings (SSSR count). The third kappa shape index (κ3) is 3.57. The van der Waals surface area contributed by atoms with Crippen LogP contribution in [0, 0.1) is 0 Å². The highest BCUT2D eigenvalue weighted by molar-refractivity contribution is 5.92. The summed E-state index contributed by atoms with van der Waals surface area (Å²) < 4.78 is 46.9. The molecule has 0 radical (unpaired) electrons. The van der Waals surface area contributed by atoms with Gasteiger partial charge >= 0.3 is 12.1 Å². The predicted molar refractivity (Wildman–Crippen MR) is 84.7 cm³/mol. The maximum atomic E-state index is 12.6. The van der Waals surface area contributed by atoms with Crippen molar-refractivity contribution in [3.8, 4) is 11.5 Å². The molecule has 1 aliphatic rings. The van der Waals surface area contributed by atoms with Crippen LogP contribution in [-0.4, -0.2) is 49.2 Å². The zero-order valence-corrected chi connectivity index (χ0v) is 14.3. The third-order valence-corrected chi connectivity index (χ3v) is 4.33. The number of carbonyl (C=O) groups is 1. The molecule has 0 bridgehead atoms. The Kier molecular flexibility index (Phi) is 4.53. The summed E-state index contributed by atoms with van der Waals surface area (Å²) in [5.74, 6) is -2.13. The average molecular weight is 394 g/mol. The molecular formula is C16H13F3N6O3. The SMILES string of the molecule is O=C(c1ccon1)N1CCC[C@@H](c2cncc(-c3noc(C(F)(F)F)n3)n2)C1. The van der Waals surface area contributed by atoms with E-state index in [1.165, 1.54) is 24.7 Å². The number of halogens is 3. The van der Waals surface area contributed by atoms with Crippen LogP contribution in [0.5, 0.6) is 0 Å². The van der Waals surface area contributed by atoms with Crippen LogP contribution < -0.4 is 0 Å². The van der Waals surface area contributed by atoms with Crippen LogP contribution in [0.1, 0.15) is 40.8 Å². The van der Waals surface area contributed by atoms with Gasteiger partial charge in [0.15, 0.2) is 5.69 Å². The lowest BCUT2D eigenvalue weighted by atomic mass is 9.94. The molecule has 1 aliphatic heterocycles. The van der Waals surface area contributed by atoms with Gasteiger partial charge in [-0.3, -0.25) is 9.78 Å². The monoisotopic (exact) mass is 394 g/mol. The molecule has 1 fully saturated rings. The number of amides is 1. The second-order valence-electron chi connectivity index (χ2n) is 6.23. The Labute approximate surface area is 155 Å². The number of hydrogen-bond acceptors (Lipinski definition) is 8. The number of rotatable bonds is 3. The van der Waals surface area contributed by atoms with Gasteiger partial charge in [0.25, 0.3) is 5.91 Å². The molecule has 9 nitrogen and oxygen atoms in total. The quantitative estimate of drug-likeness (QED) is 0.666.